The SMILES string of the molecule is CN(CC(C)(C)C)c1ccc(CN)c2ccccc12. The summed E-state index contributed by atoms with van der Waals surface area (Å²) in [5.41, 5.74) is 8.60. The third-order valence-electron chi connectivity index (χ3n) is 3.33. The number of hydrogen-bond acceptors (Lipinski definition) is 2. The quantitative estimate of drug-likeness (QED) is 0.905. The minimum Gasteiger partial charge on any atom is -0.374 e. The van der Waals surface area contributed by atoms with Crippen molar-refractivity contribution in [2.45, 2.75) is 27.3 Å². The van der Waals surface area contributed by atoms with Crippen molar-refractivity contribution < 1.29 is 0 Å². The van der Waals surface area contributed by atoms with Gasteiger partial charge in [0.25, 0.3) is 0 Å². The van der Waals surface area contributed by atoms with Gasteiger partial charge in [-0.05, 0) is 22.4 Å². The highest BCUT2D eigenvalue weighted by Crippen LogP contribution is 2.30. The van der Waals surface area contributed by atoms with Gasteiger partial charge in [0.2, 0.25) is 0 Å². The molecule has 0 spiro atoms. The molecule has 2 aromatic rings. The normalized spacial score (nSPS) is 11.8. The van der Waals surface area contributed by atoms with E-state index in [-0.39, 0.29) is 5.41 Å². The summed E-state index contributed by atoms with van der Waals surface area (Å²) in [5, 5.41) is 2.56. The van der Waals surface area contributed by atoms with E-state index >= 15 is 0 Å². The molecule has 19 heavy (non-hydrogen) atoms. The molecule has 0 heterocycles. The molecule has 0 fully saturated rings. The van der Waals surface area contributed by atoms with Crippen LogP contribution in [0, 0.1) is 5.41 Å². The number of anilines is 1. The van der Waals surface area contributed by atoms with Crippen LogP contribution in [0.5, 0.6) is 0 Å². The fraction of sp³-hybridized carbons (Fsp3) is 0.412. The van der Waals surface area contributed by atoms with Crippen LogP contribution in [-0.4, -0.2) is 13.6 Å². The number of nitrogens with zero attached hydrogens (tertiary/aromatic N) is 1. The fourth-order valence-corrected chi connectivity index (χ4v) is 2.65. The lowest BCUT2D eigenvalue weighted by Crippen LogP contribution is -2.29. The molecule has 0 aliphatic heterocycles. The Morgan fingerprint density at radius 3 is 2.21 bits per heavy atom. The van der Waals surface area contributed by atoms with Gasteiger partial charge in [-0.25, -0.2) is 0 Å². The van der Waals surface area contributed by atoms with Crippen LogP contribution in [0.15, 0.2) is 36.4 Å². The van der Waals surface area contributed by atoms with E-state index in [4.69, 9.17) is 5.73 Å². The molecule has 2 nitrogen and oxygen atoms in total. The van der Waals surface area contributed by atoms with E-state index in [2.05, 4.69) is 69.1 Å². The molecule has 0 aromatic heterocycles. The van der Waals surface area contributed by atoms with Gasteiger partial charge in [0, 0.05) is 31.2 Å². The van der Waals surface area contributed by atoms with Gasteiger partial charge < -0.3 is 10.6 Å². The highest BCUT2D eigenvalue weighted by molar-refractivity contribution is 5.96. The van der Waals surface area contributed by atoms with Crippen LogP contribution < -0.4 is 10.6 Å². The second-order valence-electron chi connectivity index (χ2n) is 6.41. The first kappa shape index (κ1) is 13.9. The van der Waals surface area contributed by atoms with Crippen molar-refractivity contribution >= 4 is 16.5 Å². The summed E-state index contributed by atoms with van der Waals surface area (Å²) >= 11 is 0. The lowest BCUT2D eigenvalue weighted by Gasteiger charge is -2.29. The minimum atomic E-state index is 0.280. The molecule has 0 saturated carbocycles. The van der Waals surface area contributed by atoms with Gasteiger partial charge in [0.05, 0.1) is 0 Å². The Morgan fingerprint density at radius 1 is 1.00 bits per heavy atom. The molecule has 2 aromatic carbocycles. The molecule has 0 radical (unpaired) electrons. The number of rotatable bonds is 3. The lowest BCUT2D eigenvalue weighted by atomic mass is 9.95. The summed E-state index contributed by atoms with van der Waals surface area (Å²) in [6.45, 7) is 8.41. The van der Waals surface area contributed by atoms with Crippen molar-refractivity contribution in [3.8, 4) is 0 Å². The first-order chi connectivity index (χ1) is 8.92. The van der Waals surface area contributed by atoms with E-state index in [0.717, 1.165) is 6.54 Å². The number of fused-ring (bicyclic) bond motifs is 1. The smallest absolute Gasteiger partial charge is 0.0443 e. The molecule has 0 saturated heterocycles. The van der Waals surface area contributed by atoms with Crippen LogP contribution in [0.3, 0.4) is 0 Å². The zero-order chi connectivity index (χ0) is 14.0. The Balaban J connectivity index is 2.50. The summed E-state index contributed by atoms with van der Waals surface area (Å²) in [6.07, 6.45) is 0. The maximum Gasteiger partial charge on any atom is 0.0443 e. The van der Waals surface area contributed by atoms with Gasteiger partial charge in [0.1, 0.15) is 0 Å². The highest BCUT2D eigenvalue weighted by Gasteiger charge is 2.16. The maximum atomic E-state index is 5.83. The van der Waals surface area contributed by atoms with Gasteiger partial charge in [0.15, 0.2) is 0 Å². The van der Waals surface area contributed by atoms with Crippen LogP contribution in [0.4, 0.5) is 5.69 Å². The van der Waals surface area contributed by atoms with Gasteiger partial charge in [-0.3, -0.25) is 0 Å². The summed E-state index contributed by atoms with van der Waals surface area (Å²) < 4.78 is 0. The van der Waals surface area contributed by atoms with Crippen LogP contribution >= 0.6 is 0 Å². The fourth-order valence-electron chi connectivity index (χ4n) is 2.65. The number of hydrogen-bond donors (Lipinski definition) is 1. The number of nitrogens with two attached hydrogens (primary N) is 1. The Labute approximate surface area is 116 Å². The predicted octanol–water partition coefficient (Wildman–Crippen LogP) is 3.78. The second kappa shape index (κ2) is 5.22. The van der Waals surface area contributed by atoms with E-state index in [1.807, 2.05) is 0 Å². The summed E-state index contributed by atoms with van der Waals surface area (Å²) in [7, 11) is 2.16. The molecule has 2 heteroatoms. The second-order valence-corrected chi connectivity index (χ2v) is 6.41. The molecular formula is C17H24N2. The van der Waals surface area contributed by atoms with Crippen molar-refractivity contribution in [3.05, 3.63) is 42.0 Å². The monoisotopic (exact) mass is 256 g/mol. The Hall–Kier alpha value is -1.54. The van der Waals surface area contributed by atoms with Crippen molar-refractivity contribution in [3.63, 3.8) is 0 Å². The lowest BCUT2D eigenvalue weighted by molar-refractivity contribution is 0.419. The topological polar surface area (TPSA) is 29.3 Å². The summed E-state index contributed by atoms with van der Waals surface area (Å²) in [5.74, 6) is 0. The predicted molar refractivity (Wildman–Crippen MR) is 84.6 cm³/mol. The molecule has 0 unspecified atom stereocenters. The average Bonchev–Trinajstić information content (AvgIpc) is 2.35. The molecule has 0 bridgehead atoms. The largest absolute Gasteiger partial charge is 0.374 e. The van der Waals surface area contributed by atoms with Crippen LogP contribution in [0.1, 0.15) is 26.3 Å². The van der Waals surface area contributed by atoms with Gasteiger partial charge in [-0.1, -0.05) is 51.1 Å². The summed E-state index contributed by atoms with van der Waals surface area (Å²) in [4.78, 5) is 2.34. The molecule has 2 rings (SSSR count). The van der Waals surface area contributed by atoms with Crippen LogP contribution in [0.2, 0.25) is 0 Å². The minimum absolute atomic E-state index is 0.280. The number of benzene rings is 2. The first-order valence-corrected chi connectivity index (χ1v) is 6.84. The van der Waals surface area contributed by atoms with Gasteiger partial charge >= 0.3 is 0 Å². The van der Waals surface area contributed by atoms with Gasteiger partial charge in [-0.15, -0.1) is 0 Å². The third-order valence-corrected chi connectivity index (χ3v) is 3.33. The van der Waals surface area contributed by atoms with Crippen LogP contribution in [-0.2, 0) is 6.54 Å². The highest BCUT2D eigenvalue weighted by atomic mass is 15.1. The van der Waals surface area contributed by atoms with Crippen molar-refractivity contribution in [1.29, 1.82) is 0 Å². The maximum absolute atomic E-state index is 5.83. The molecule has 0 aliphatic carbocycles. The van der Waals surface area contributed by atoms with Crippen molar-refractivity contribution in [2.24, 2.45) is 11.1 Å². The standard InChI is InChI=1S/C17H24N2/c1-17(2,3)12-19(4)16-10-9-13(11-18)14-7-5-6-8-15(14)16/h5-10H,11-12,18H2,1-4H3. The molecule has 0 aliphatic rings. The van der Waals surface area contributed by atoms with E-state index in [1.165, 1.54) is 22.0 Å². The van der Waals surface area contributed by atoms with E-state index in [0.29, 0.717) is 6.54 Å². The van der Waals surface area contributed by atoms with Crippen LogP contribution in [0.25, 0.3) is 10.8 Å². The molecule has 0 atom stereocenters. The molecule has 102 valence electrons. The zero-order valence-electron chi connectivity index (χ0n) is 12.4. The first-order valence-electron chi connectivity index (χ1n) is 6.84. The van der Waals surface area contributed by atoms with Crippen molar-refractivity contribution in [1.82, 2.24) is 0 Å². The Bertz CT molecular complexity index is 567. The molecular weight excluding hydrogens is 232 g/mol. The molecule has 2 N–H and O–H groups in total. The Kier molecular flexibility index (Phi) is 3.81. The Morgan fingerprint density at radius 2 is 1.63 bits per heavy atom. The summed E-state index contributed by atoms with van der Waals surface area (Å²) in [6, 6.07) is 12.9. The van der Waals surface area contributed by atoms with Crippen molar-refractivity contribution in [2.75, 3.05) is 18.5 Å². The van der Waals surface area contributed by atoms with E-state index in [9.17, 15) is 0 Å². The van der Waals surface area contributed by atoms with Gasteiger partial charge in [-0.2, -0.15) is 0 Å². The average molecular weight is 256 g/mol. The molecule has 0 amide bonds. The third kappa shape index (κ3) is 3.07. The van der Waals surface area contributed by atoms with E-state index < -0.39 is 0 Å². The zero-order valence-corrected chi connectivity index (χ0v) is 12.4. The van der Waals surface area contributed by atoms with E-state index in [1.54, 1.807) is 0 Å².